The Morgan fingerprint density at radius 2 is 1.81 bits per heavy atom. The largest absolute Gasteiger partial charge is 0.461 e. The predicted octanol–water partition coefficient (Wildman–Crippen LogP) is 4.39. The molecule has 0 unspecified atom stereocenters. The van der Waals surface area contributed by atoms with Crippen molar-refractivity contribution in [2.24, 2.45) is 5.92 Å². The van der Waals surface area contributed by atoms with Gasteiger partial charge in [0, 0.05) is 29.2 Å². The number of carbonyl (C=O) groups is 2. The summed E-state index contributed by atoms with van der Waals surface area (Å²) in [6, 6.07) is 15.5. The van der Waals surface area contributed by atoms with Gasteiger partial charge in [0.05, 0.1) is 18.0 Å². The second-order valence-electron chi connectivity index (χ2n) is 8.19. The van der Waals surface area contributed by atoms with Crippen LogP contribution in [0.5, 0.6) is 0 Å². The molecule has 1 amide bonds. The van der Waals surface area contributed by atoms with Crippen LogP contribution in [0.15, 0.2) is 48.5 Å². The Bertz CT molecular complexity index is 1130. The lowest BCUT2D eigenvalue weighted by atomic mass is 10.1. The van der Waals surface area contributed by atoms with Crippen molar-refractivity contribution in [3.05, 3.63) is 70.9 Å². The number of carbonyl (C=O) groups excluding carboxylic acids is 2. The highest BCUT2D eigenvalue weighted by molar-refractivity contribution is 5.95. The Hall–Kier alpha value is -3.41. The summed E-state index contributed by atoms with van der Waals surface area (Å²) in [5.74, 6) is -0.156. The number of amides is 1. The fraction of sp³-hybridized carbons (Fsp3) is 0.320. The van der Waals surface area contributed by atoms with Crippen molar-refractivity contribution < 1.29 is 14.3 Å². The number of rotatable bonds is 6. The van der Waals surface area contributed by atoms with E-state index < -0.39 is 5.97 Å². The van der Waals surface area contributed by atoms with Crippen molar-refractivity contribution in [1.29, 1.82) is 0 Å². The molecule has 0 saturated carbocycles. The average Bonchev–Trinajstić information content (AvgIpc) is 3.31. The number of ether oxygens (including phenoxy) is 1. The van der Waals surface area contributed by atoms with Gasteiger partial charge in [-0.2, -0.15) is 5.10 Å². The van der Waals surface area contributed by atoms with Gasteiger partial charge < -0.3 is 10.1 Å². The maximum absolute atomic E-state index is 12.6. The lowest BCUT2D eigenvalue weighted by molar-refractivity contribution is 0.0517. The highest BCUT2D eigenvalue weighted by atomic mass is 16.5. The van der Waals surface area contributed by atoms with E-state index in [-0.39, 0.29) is 11.9 Å². The van der Waals surface area contributed by atoms with Crippen LogP contribution in [0.4, 0.5) is 0 Å². The van der Waals surface area contributed by atoms with Gasteiger partial charge in [-0.25, -0.2) is 9.48 Å². The van der Waals surface area contributed by atoms with Gasteiger partial charge in [0.25, 0.3) is 5.91 Å². The Labute approximate surface area is 182 Å². The molecule has 4 rings (SSSR count). The van der Waals surface area contributed by atoms with E-state index in [4.69, 9.17) is 4.74 Å². The number of hydrogen-bond donors (Lipinski definition) is 1. The molecule has 1 heterocycles. The second-order valence-corrected chi connectivity index (χ2v) is 8.19. The van der Waals surface area contributed by atoms with Gasteiger partial charge in [-0.3, -0.25) is 4.79 Å². The van der Waals surface area contributed by atoms with E-state index in [1.807, 2.05) is 37.3 Å². The Kier molecular flexibility index (Phi) is 5.63. The van der Waals surface area contributed by atoms with Crippen LogP contribution >= 0.6 is 0 Å². The normalized spacial score (nSPS) is 12.9. The van der Waals surface area contributed by atoms with E-state index in [0.29, 0.717) is 30.2 Å². The maximum atomic E-state index is 12.6. The molecule has 0 fully saturated rings. The summed E-state index contributed by atoms with van der Waals surface area (Å²) < 4.78 is 7.02. The van der Waals surface area contributed by atoms with Crippen LogP contribution in [0.3, 0.4) is 0 Å². The first kappa shape index (κ1) is 20.8. The van der Waals surface area contributed by atoms with Crippen molar-refractivity contribution in [3.8, 4) is 16.9 Å². The summed E-state index contributed by atoms with van der Waals surface area (Å²) in [5, 5.41) is 7.63. The Morgan fingerprint density at radius 3 is 2.48 bits per heavy atom. The van der Waals surface area contributed by atoms with Crippen LogP contribution in [0.2, 0.25) is 0 Å². The number of nitrogens with zero attached hydrogens (tertiary/aromatic N) is 2. The number of hydrogen-bond acceptors (Lipinski definition) is 4. The van der Waals surface area contributed by atoms with Gasteiger partial charge in [-0.05, 0) is 49.6 Å². The first-order chi connectivity index (χ1) is 14.9. The fourth-order valence-corrected chi connectivity index (χ4v) is 3.75. The molecule has 3 aromatic rings. The topological polar surface area (TPSA) is 73.2 Å². The molecule has 6 heteroatoms. The summed E-state index contributed by atoms with van der Waals surface area (Å²) >= 11 is 0. The lowest BCUT2D eigenvalue weighted by Crippen LogP contribution is -2.36. The van der Waals surface area contributed by atoms with Crippen molar-refractivity contribution in [3.63, 3.8) is 0 Å². The van der Waals surface area contributed by atoms with Crippen molar-refractivity contribution in [2.45, 2.75) is 40.2 Å². The number of benzene rings is 2. The average molecular weight is 418 g/mol. The summed E-state index contributed by atoms with van der Waals surface area (Å²) in [6.07, 6.45) is 0.646. The van der Waals surface area contributed by atoms with Gasteiger partial charge in [0.1, 0.15) is 0 Å². The Balaban J connectivity index is 1.71. The highest BCUT2D eigenvalue weighted by Gasteiger charge is 2.31. The molecule has 0 spiro atoms. The molecular formula is C25H27N3O3. The highest BCUT2D eigenvalue weighted by Crippen LogP contribution is 2.39. The molecule has 31 heavy (non-hydrogen) atoms. The van der Waals surface area contributed by atoms with Crippen molar-refractivity contribution >= 4 is 11.9 Å². The number of nitrogens with one attached hydrogen (secondary N) is 1. The summed E-state index contributed by atoms with van der Waals surface area (Å²) in [7, 11) is 0. The molecule has 2 aromatic carbocycles. The molecule has 1 aliphatic rings. The fourth-order valence-electron chi connectivity index (χ4n) is 3.75. The third-order valence-electron chi connectivity index (χ3n) is 5.82. The summed E-state index contributed by atoms with van der Waals surface area (Å²) in [5.41, 5.74) is 5.74. The number of aromatic nitrogens is 2. The maximum Gasteiger partial charge on any atom is 0.359 e. The molecule has 1 atom stereocenters. The molecule has 0 radical (unpaired) electrons. The molecule has 0 bridgehead atoms. The van der Waals surface area contributed by atoms with Crippen LogP contribution in [-0.4, -0.2) is 34.3 Å². The van der Waals surface area contributed by atoms with E-state index in [1.54, 1.807) is 23.7 Å². The van der Waals surface area contributed by atoms with Crippen molar-refractivity contribution in [1.82, 2.24) is 15.1 Å². The molecule has 0 saturated heterocycles. The minimum atomic E-state index is -0.413. The van der Waals surface area contributed by atoms with Gasteiger partial charge in [-0.1, -0.05) is 38.1 Å². The minimum Gasteiger partial charge on any atom is -0.461 e. The van der Waals surface area contributed by atoms with E-state index in [9.17, 15) is 9.59 Å². The van der Waals surface area contributed by atoms with Crippen LogP contribution in [0.1, 0.15) is 59.7 Å². The zero-order valence-corrected chi connectivity index (χ0v) is 18.3. The number of esters is 1. The van der Waals surface area contributed by atoms with Crippen LogP contribution < -0.4 is 5.32 Å². The zero-order valence-electron chi connectivity index (χ0n) is 18.3. The molecule has 1 aromatic heterocycles. The predicted molar refractivity (Wildman–Crippen MR) is 120 cm³/mol. The SMILES string of the molecule is CCOC(=O)c1nn(-c2ccc(C(=O)N[C@H](C)C(C)C)cc2)c2c1Cc1ccccc1-2. The standard InChI is InChI=1S/C25H27N3O3/c1-5-31-25(30)22-21-14-18-8-6-7-9-20(18)23(21)28(27-22)19-12-10-17(11-13-19)24(29)26-16(4)15(2)3/h6-13,15-16H,5,14H2,1-4H3,(H,26,29)/t16-/m1/s1. The van der Waals surface area contributed by atoms with Crippen LogP contribution in [0, 0.1) is 5.92 Å². The summed E-state index contributed by atoms with van der Waals surface area (Å²) in [6.45, 7) is 8.23. The Morgan fingerprint density at radius 1 is 1.10 bits per heavy atom. The molecule has 1 aliphatic carbocycles. The van der Waals surface area contributed by atoms with Crippen molar-refractivity contribution in [2.75, 3.05) is 6.61 Å². The van der Waals surface area contributed by atoms with Crippen LogP contribution in [-0.2, 0) is 11.2 Å². The first-order valence-corrected chi connectivity index (χ1v) is 10.7. The molecule has 160 valence electrons. The van der Waals surface area contributed by atoms with Gasteiger partial charge in [0.15, 0.2) is 5.69 Å². The molecular weight excluding hydrogens is 390 g/mol. The molecule has 1 N–H and O–H groups in total. The van der Waals surface area contributed by atoms with E-state index in [0.717, 1.165) is 28.1 Å². The van der Waals surface area contributed by atoms with Gasteiger partial charge >= 0.3 is 5.97 Å². The quantitative estimate of drug-likeness (QED) is 0.472. The van der Waals surface area contributed by atoms with E-state index in [1.165, 1.54) is 0 Å². The monoisotopic (exact) mass is 417 g/mol. The molecule has 0 aliphatic heterocycles. The number of fused-ring (bicyclic) bond motifs is 3. The lowest BCUT2D eigenvalue weighted by Gasteiger charge is -2.17. The molecule has 6 nitrogen and oxygen atoms in total. The minimum absolute atomic E-state index is 0.0881. The first-order valence-electron chi connectivity index (χ1n) is 10.7. The van der Waals surface area contributed by atoms with E-state index in [2.05, 4.69) is 30.3 Å². The smallest absolute Gasteiger partial charge is 0.359 e. The van der Waals surface area contributed by atoms with E-state index >= 15 is 0 Å². The second kappa shape index (κ2) is 8.38. The third-order valence-corrected chi connectivity index (χ3v) is 5.82. The summed E-state index contributed by atoms with van der Waals surface area (Å²) in [4.78, 5) is 25.1. The van der Waals surface area contributed by atoms with Crippen LogP contribution in [0.25, 0.3) is 16.9 Å². The van der Waals surface area contributed by atoms with Gasteiger partial charge in [-0.15, -0.1) is 0 Å². The van der Waals surface area contributed by atoms with Gasteiger partial charge in [0.2, 0.25) is 0 Å². The third kappa shape index (κ3) is 3.85. The zero-order chi connectivity index (χ0) is 22.1.